The number of ketones is 1. The van der Waals surface area contributed by atoms with Crippen LogP contribution in [0, 0.1) is 10.1 Å². The Morgan fingerprint density at radius 3 is 2.71 bits per heavy atom. The normalized spacial score (nSPS) is 9.50. The molecule has 0 heterocycles. The van der Waals surface area contributed by atoms with Crippen molar-refractivity contribution in [3.05, 3.63) is 51.0 Å². The number of hydrogen-bond acceptors (Lipinski definition) is 3. The van der Waals surface area contributed by atoms with Gasteiger partial charge in [-0.05, 0) is 12.1 Å². The van der Waals surface area contributed by atoms with Gasteiger partial charge in [0, 0.05) is 22.2 Å². The van der Waals surface area contributed by atoms with Gasteiger partial charge in [-0.2, -0.15) is 0 Å². The molecule has 0 fully saturated rings. The van der Waals surface area contributed by atoms with Crippen molar-refractivity contribution in [2.24, 2.45) is 0 Å². The molecular formula is C9H6BrNO3. The lowest BCUT2D eigenvalue weighted by Gasteiger charge is -1.99. The fraction of sp³-hybridized carbons (Fsp3) is 0. The van der Waals surface area contributed by atoms with E-state index >= 15 is 0 Å². The second-order valence-corrected chi connectivity index (χ2v) is 3.34. The van der Waals surface area contributed by atoms with Gasteiger partial charge in [-0.3, -0.25) is 14.9 Å². The molecule has 0 unspecified atom stereocenters. The highest BCUT2D eigenvalue weighted by Gasteiger charge is 2.12. The molecule has 0 aromatic heterocycles. The minimum atomic E-state index is -0.549. The summed E-state index contributed by atoms with van der Waals surface area (Å²) in [5.41, 5.74) is 0.132. The first-order chi connectivity index (χ1) is 6.56. The molecule has 4 nitrogen and oxygen atoms in total. The summed E-state index contributed by atoms with van der Waals surface area (Å²) in [6, 6.07) is 4.01. The molecule has 1 rings (SSSR count). The molecule has 1 aromatic rings. The van der Waals surface area contributed by atoms with E-state index in [2.05, 4.69) is 22.5 Å². The highest BCUT2D eigenvalue weighted by molar-refractivity contribution is 9.10. The lowest BCUT2D eigenvalue weighted by Crippen LogP contribution is -1.97. The van der Waals surface area contributed by atoms with Gasteiger partial charge in [0.1, 0.15) is 0 Å². The number of carbonyl (C=O) groups is 1. The number of allylic oxidation sites excluding steroid dienone is 1. The van der Waals surface area contributed by atoms with Crippen molar-refractivity contribution < 1.29 is 9.72 Å². The van der Waals surface area contributed by atoms with E-state index < -0.39 is 4.92 Å². The van der Waals surface area contributed by atoms with Crippen LogP contribution in [0.25, 0.3) is 0 Å². The average molecular weight is 256 g/mol. The lowest BCUT2D eigenvalue weighted by atomic mass is 10.1. The third kappa shape index (κ3) is 2.05. The van der Waals surface area contributed by atoms with Crippen LogP contribution in [0.15, 0.2) is 35.3 Å². The minimum absolute atomic E-state index is 0.113. The molecule has 14 heavy (non-hydrogen) atoms. The summed E-state index contributed by atoms with van der Waals surface area (Å²) >= 11 is 3.13. The van der Waals surface area contributed by atoms with Crippen LogP contribution >= 0.6 is 15.9 Å². The number of benzene rings is 1. The van der Waals surface area contributed by atoms with Gasteiger partial charge in [0.05, 0.1) is 4.92 Å². The van der Waals surface area contributed by atoms with Crippen LogP contribution in [0.1, 0.15) is 10.4 Å². The molecule has 0 N–H and O–H groups in total. The average Bonchev–Trinajstić information content (AvgIpc) is 2.17. The summed E-state index contributed by atoms with van der Waals surface area (Å²) in [7, 11) is 0. The predicted molar refractivity (Wildman–Crippen MR) is 55.3 cm³/mol. The number of non-ortho nitro benzene ring substituents is 1. The second-order valence-electron chi connectivity index (χ2n) is 2.49. The number of nitro benzene ring substituents is 1. The van der Waals surface area contributed by atoms with Crippen LogP contribution in [0.4, 0.5) is 5.69 Å². The van der Waals surface area contributed by atoms with Crippen molar-refractivity contribution >= 4 is 27.4 Å². The van der Waals surface area contributed by atoms with Crippen molar-refractivity contribution in [3.8, 4) is 0 Å². The van der Waals surface area contributed by atoms with Crippen LogP contribution in [-0.2, 0) is 0 Å². The van der Waals surface area contributed by atoms with E-state index in [1.54, 1.807) is 0 Å². The topological polar surface area (TPSA) is 60.2 Å². The number of hydrogen-bond donors (Lipinski definition) is 0. The van der Waals surface area contributed by atoms with Crippen LogP contribution in [-0.4, -0.2) is 10.7 Å². The molecule has 0 bridgehead atoms. The van der Waals surface area contributed by atoms with Crippen molar-refractivity contribution in [1.29, 1.82) is 0 Å². The highest BCUT2D eigenvalue weighted by Crippen LogP contribution is 2.22. The van der Waals surface area contributed by atoms with E-state index in [0.717, 1.165) is 6.08 Å². The Morgan fingerprint density at radius 1 is 1.57 bits per heavy atom. The maximum Gasteiger partial charge on any atom is 0.270 e. The molecular weight excluding hydrogens is 250 g/mol. The van der Waals surface area contributed by atoms with Gasteiger partial charge in [-0.25, -0.2) is 0 Å². The van der Waals surface area contributed by atoms with Gasteiger partial charge in [-0.15, -0.1) is 0 Å². The highest BCUT2D eigenvalue weighted by atomic mass is 79.9. The monoisotopic (exact) mass is 255 g/mol. The van der Waals surface area contributed by atoms with Crippen LogP contribution in [0.3, 0.4) is 0 Å². The Hall–Kier alpha value is -1.49. The summed E-state index contributed by atoms with van der Waals surface area (Å²) in [5, 5.41) is 10.4. The molecule has 0 atom stereocenters. The van der Waals surface area contributed by atoms with E-state index in [4.69, 9.17) is 0 Å². The van der Waals surface area contributed by atoms with Crippen LogP contribution < -0.4 is 0 Å². The first-order valence-electron chi connectivity index (χ1n) is 3.67. The lowest BCUT2D eigenvalue weighted by molar-refractivity contribution is -0.384. The quantitative estimate of drug-likeness (QED) is 0.361. The summed E-state index contributed by atoms with van der Waals surface area (Å²) in [6.07, 6.45) is 1.11. The summed E-state index contributed by atoms with van der Waals surface area (Å²) in [4.78, 5) is 21.1. The maximum atomic E-state index is 11.2. The van der Waals surface area contributed by atoms with E-state index in [1.165, 1.54) is 18.2 Å². The smallest absolute Gasteiger partial charge is 0.270 e. The first kappa shape index (κ1) is 10.6. The maximum absolute atomic E-state index is 11.2. The third-order valence-corrected chi connectivity index (χ3v) is 2.30. The molecule has 1 aromatic carbocycles. The SMILES string of the molecule is C=CC(=O)c1cc([N+](=O)[O-])ccc1Br. The fourth-order valence-corrected chi connectivity index (χ4v) is 1.37. The second kappa shape index (κ2) is 4.15. The fourth-order valence-electron chi connectivity index (χ4n) is 0.926. The number of halogens is 1. The van der Waals surface area contributed by atoms with Crippen molar-refractivity contribution in [2.45, 2.75) is 0 Å². The predicted octanol–water partition coefficient (Wildman–Crippen LogP) is 2.73. The summed E-state index contributed by atoms with van der Waals surface area (Å²) < 4.78 is 0.521. The minimum Gasteiger partial charge on any atom is -0.289 e. The van der Waals surface area contributed by atoms with Gasteiger partial charge in [-0.1, -0.05) is 22.5 Å². The molecule has 5 heteroatoms. The van der Waals surface area contributed by atoms with Gasteiger partial charge < -0.3 is 0 Å². The largest absolute Gasteiger partial charge is 0.289 e. The van der Waals surface area contributed by atoms with E-state index in [1.807, 2.05) is 0 Å². The number of nitrogens with zero attached hydrogens (tertiary/aromatic N) is 1. The van der Waals surface area contributed by atoms with Crippen molar-refractivity contribution in [1.82, 2.24) is 0 Å². The molecule has 0 aliphatic rings. The Kier molecular flexibility index (Phi) is 3.14. The van der Waals surface area contributed by atoms with Gasteiger partial charge >= 0.3 is 0 Å². The molecule has 0 saturated carbocycles. The van der Waals surface area contributed by atoms with E-state index in [9.17, 15) is 14.9 Å². The van der Waals surface area contributed by atoms with Gasteiger partial charge in [0.25, 0.3) is 5.69 Å². The molecule has 72 valence electrons. The van der Waals surface area contributed by atoms with E-state index in [-0.39, 0.29) is 17.0 Å². The Bertz CT molecular complexity index is 415. The molecule has 0 saturated heterocycles. The third-order valence-electron chi connectivity index (χ3n) is 1.61. The molecule has 0 amide bonds. The Morgan fingerprint density at radius 2 is 2.21 bits per heavy atom. The van der Waals surface area contributed by atoms with Crippen molar-refractivity contribution in [3.63, 3.8) is 0 Å². The zero-order valence-electron chi connectivity index (χ0n) is 7.07. The molecule has 0 radical (unpaired) electrons. The number of rotatable bonds is 3. The first-order valence-corrected chi connectivity index (χ1v) is 4.46. The Balaban J connectivity index is 3.28. The molecule has 0 spiro atoms. The molecule has 0 aliphatic carbocycles. The van der Waals surface area contributed by atoms with Crippen LogP contribution in [0.2, 0.25) is 0 Å². The number of nitro groups is 1. The molecule has 0 aliphatic heterocycles. The van der Waals surface area contributed by atoms with Gasteiger partial charge in [0.15, 0.2) is 5.78 Å². The summed E-state index contributed by atoms with van der Waals surface area (Å²) in [6.45, 7) is 3.31. The van der Waals surface area contributed by atoms with Crippen LogP contribution in [0.5, 0.6) is 0 Å². The zero-order valence-corrected chi connectivity index (χ0v) is 8.65. The standard InChI is InChI=1S/C9H6BrNO3/c1-2-9(12)7-5-6(11(13)14)3-4-8(7)10/h2-5H,1H2. The zero-order chi connectivity index (χ0) is 10.7. The number of carbonyl (C=O) groups excluding carboxylic acids is 1. The van der Waals surface area contributed by atoms with Crippen molar-refractivity contribution in [2.75, 3.05) is 0 Å². The summed E-state index contributed by atoms with van der Waals surface area (Å²) in [5.74, 6) is -0.347. The van der Waals surface area contributed by atoms with E-state index in [0.29, 0.717) is 4.47 Å². The van der Waals surface area contributed by atoms with Gasteiger partial charge in [0.2, 0.25) is 0 Å². The Labute approximate surface area is 88.5 Å².